The van der Waals surface area contributed by atoms with Gasteiger partial charge in [0.15, 0.2) is 0 Å². The summed E-state index contributed by atoms with van der Waals surface area (Å²) in [6.07, 6.45) is 7.71. The molecule has 0 saturated carbocycles. The molecule has 0 aliphatic carbocycles. The lowest BCUT2D eigenvalue weighted by Crippen LogP contribution is -2.23. The normalized spacial score (nSPS) is 12.3. The van der Waals surface area contributed by atoms with E-state index in [1.165, 1.54) is 11.1 Å². The number of benzene rings is 7. The van der Waals surface area contributed by atoms with E-state index in [2.05, 4.69) is 161 Å². The first-order valence-electron chi connectivity index (χ1n) is 19.8. The Bertz CT molecular complexity index is 3110. The van der Waals surface area contributed by atoms with Crippen molar-refractivity contribution in [3.63, 3.8) is 0 Å². The van der Waals surface area contributed by atoms with Gasteiger partial charge in [0.1, 0.15) is 18.0 Å². The van der Waals surface area contributed by atoms with Crippen LogP contribution in [0.3, 0.4) is 0 Å². The maximum atomic E-state index is 7.17. The average molecular weight is 766 g/mol. The molecule has 0 saturated heterocycles. The van der Waals surface area contributed by atoms with E-state index in [0.29, 0.717) is 30.5 Å². The highest BCUT2D eigenvalue weighted by Crippen LogP contribution is 2.45. The zero-order valence-corrected chi connectivity index (χ0v) is 32.9. The monoisotopic (exact) mass is 765 g/mol. The summed E-state index contributed by atoms with van der Waals surface area (Å²) in [5, 5.41) is 4.16. The van der Waals surface area contributed by atoms with E-state index in [-0.39, 0.29) is 0 Å². The summed E-state index contributed by atoms with van der Waals surface area (Å²) < 4.78 is 10.9. The van der Waals surface area contributed by atoms with Crippen molar-refractivity contribution in [1.82, 2.24) is 9.13 Å². The number of hydrogen-bond acceptors (Lipinski definition) is 3. The van der Waals surface area contributed by atoms with E-state index in [0.717, 1.165) is 71.6 Å². The minimum Gasteiger partial charge on any atom is -0.487 e. The van der Waals surface area contributed by atoms with Crippen LogP contribution in [0.2, 0.25) is 0 Å². The lowest BCUT2D eigenvalue weighted by Gasteiger charge is -2.14. The molecule has 286 valence electrons. The number of fused-ring (bicyclic) bond motifs is 6. The number of nitrogens with zero attached hydrogens (tertiary/aromatic N) is 4. The molecule has 2 heterocycles. The Morgan fingerprint density at radius 3 is 2.05 bits per heavy atom. The maximum absolute atomic E-state index is 7.17. The van der Waals surface area contributed by atoms with Gasteiger partial charge in [0.25, 0.3) is 0 Å². The first kappa shape index (κ1) is 36.9. The summed E-state index contributed by atoms with van der Waals surface area (Å²) in [7, 11) is 0. The first-order valence-corrected chi connectivity index (χ1v) is 19.8. The molecule has 0 spiro atoms. The molecule has 0 bridgehead atoms. The van der Waals surface area contributed by atoms with Gasteiger partial charge < -0.3 is 15.0 Å². The summed E-state index contributed by atoms with van der Waals surface area (Å²) >= 11 is 0. The Labute approximate surface area is 343 Å². The molecule has 0 fully saturated rings. The van der Waals surface area contributed by atoms with Crippen molar-refractivity contribution >= 4 is 62.0 Å². The molecule has 9 rings (SSSR count). The topological polar surface area (TPSA) is 69.8 Å². The van der Waals surface area contributed by atoms with E-state index in [1.807, 2.05) is 49.4 Å². The highest BCUT2D eigenvalue weighted by atomic mass is 16.5. The second-order valence-corrected chi connectivity index (χ2v) is 14.4. The third-order valence-corrected chi connectivity index (χ3v) is 10.9. The summed E-state index contributed by atoms with van der Waals surface area (Å²) in [5.41, 5.74) is 19.4. The standard InChI is InChI=1S/C53H43N5O/c1-4-15-37(16-5-2)35-59-49-32-31-47-50(51(49)55-3)43-22-14-24-48(52(43)58(47)53(54)56-34-36-25-27-40(28-26-36)38-17-8-6-9-18-38)57-45-23-13-12-21-42(45)44-33-41(29-30-46(44)57)39-19-10-7-11-20-39/h4-33H,1,3,34-35H2,2H3,(H2,54,56)/b16-5-,37-15+. The molecular formula is C53H43N5O. The van der Waals surface area contributed by atoms with Crippen LogP contribution < -0.4 is 10.5 Å². The minimum atomic E-state index is 0.341. The highest BCUT2D eigenvalue weighted by Gasteiger charge is 2.24. The molecule has 0 amide bonds. The molecule has 0 aliphatic rings. The smallest absolute Gasteiger partial charge is 0.200 e. The number of allylic oxidation sites excluding steroid dienone is 3. The number of aliphatic imine (C=N–C) groups is 2. The van der Waals surface area contributed by atoms with Crippen LogP contribution in [0.5, 0.6) is 5.75 Å². The molecule has 6 heteroatoms. The van der Waals surface area contributed by atoms with Crippen LogP contribution >= 0.6 is 0 Å². The zero-order valence-electron chi connectivity index (χ0n) is 32.9. The highest BCUT2D eigenvalue weighted by molar-refractivity contribution is 6.21. The van der Waals surface area contributed by atoms with Crippen molar-refractivity contribution in [2.45, 2.75) is 13.5 Å². The molecule has 0 radical (unpaired) electrons. The van der Waals surface area contributed by atoms with E-state index in [4.69, 9.17) is 15.5 Å². The Kier molecular flexibility index (Phi) is 10.0. The Balaban J connectivity index is 1.25. The predicted octanol–water partition coefficient (Wildman–Crippen LogP) is 13.0. The second-order valence-electron chi connectivity index (χ2n) is 14.4. The molecule has 9 aromatic rings. The van der Waals surface area contributed by atoms with Gasteiger partial charge in [-0.15, -0.1) is 0 Å². The lowest BCUT2D eigenvalue weighted by molar-refractivity contribution is 0.357. The lowest BCUT2D eigenvalue weighted by atomic mass is 10.0. The predicted molar refractivity (Wildman–Crippen MR) is 250 cm³/mol. The van der Waals surface area contributed by atoms with E-state index in [9.17, 15) is 0 Å². The van der Waals surface area contributed by atoms with Crippen LogP contribution in [0, 0.1) is 0 Å². The Morgan fingerprint density at radius 1 is 0.678 bits per heavy atom. The number of aromatic nitrogens is 2. The van der Waals surface area contributed by atoms with Crippen molar-refractivity contribution < 1.29 is 4.74 Å². The number of para-hydroxylation sites is 2. The average Bonchev–Trinajstić information content (AvgIpc) is 3.81. The van der Waals surface area contributed by atoms with Gasteiger partial charge in [-0.25, -0.2) is 4.99 Å². The molecule has 2 aromatic heterocycles. The fraction of sp³-hybridized carbons (Fsp3) is 0.0566. The van der Waals surface area contributed by atoms with Crippen molar-refractivity contribution in [2.75, 3.05) is 6.61 Å². The largest absolute Gasteiger partial charge is 0.487 e. The van der Waals surface area contributed by atoms with Gasteiger partial charge in [0, 0.05) is 21.5 Å². The molecule has 0 atom stereocenters. The van der Waals surface area contributed by atoms with Gasteiger partial charge in [0.05, 0.1) is 34.3 Å². The SMILES string of the molecule is C=C/C=C(\C=C/C)COc1ccc2c(c1N=C)c1cccc(-n3c4ccccc4c4cc(-c5ccccc5)ccc43)c1n2C(N)=NCc1ccc(-c2ccccc2)cc1. The Hall–Kier alpha value is -7.70. The van der Waals surface area contributed by atoms with Crippen LogP contribution in [0.4, 0.5) is 5.69 Å². The fourth-order valence-electron chi connectivity index (χ4n) is 8.19. The first-order chi connectivity index (χ1) is 29.1. The van der Waals surface area contributed by atoms with Gasteiger partial charge in [0.2, 0.25) is 5.96 Å². The van der Waals surface area contributed by atoms with Crippen LogP contribution in [0.1, 0.15) is 12.5 Å². The number of nitrogens with two attached hydrogens (primary N) is 1. The minimum absolute atomic E-state index is 0.341. The summed E-state index contributed by atoms with van der Waals surface area (Å²) in [4.78, 5) is 9.67. The summed E-state index contributed by atoms with van der Waals surface area (Å²) in [6.45, 7) is 10.6. The van der Waals surface area contributed by atoms with Crippen LogP contribution in [0.15, 0.2) is 204 Å². The maximum Gasteiger partial charge on any atom is 0.200 e. The van der Waals surface area contributed by atoms with Gasteiger partial charge in [-0.1, -0.05) is 152 Å². The van der Waals surface area contributed by atoms with E-state index < -0.39 is 0 Å². The Morgan fingerprint density at radius 2 is 1.32 bits per heavy atom. The molecule has 2 N–H and O–H groups in total. The number of ether oxygens (including phenoxy) is 1. The van der Waals surface area contributed by atoms with Gasteiger partial charge in [-0.2, -0.15) is 0 Å². The molecule has 7 aromatic carbocycles. The summed E-state index contributed by atoms with van der Waals surface area (Å²) in [6, 6.07) is 55.1. The molecule has 0 aliphatic heterocycles. The van der Waals surface area contributed by atoms with Crippen LogP contribution in [0.25, 0.3) is 71.6 Å². The quantitative estimate of drug-likeness (QED) is 0.0809. The number of rotatable bonds is 11. The van der Waals surface area contributed by atoms with E-state index >= 15 is 0 Å². The van der Waals surface area contributed by atoms with E-state index in [1.54, 1.807) is 6.08 Å². The zero-order chi connectivity index (χ0) is 40.3. The third-order valence-electron chi connectivity index (χ3n) is 10.9. The summed E-state index contributed by atoms with van der Waals surface area (Å²) in [5.74, 6) is 0.987. The van der Waals surface area contributed by atoms with Crippen molar-refractivity contribution in [2.24, 2.45) is 15.7 Å². The van der Waals surface area contributed by atoms with Crippen molar-refractivity contribution in [3.05, 3.63) is 200 Å². The van der Waals surface area contributed by atoms with Crippen molar-refractivity contribution in [3.8, 4) is 33.7 Å². The van der Waals surface area contributed by atoms with Crippen LogP contribution in [-0.4, -0.2) is 28.4 Å². The molecule has 59 heavy (non-hydrogen) atoms. The van der Waals surface area contributed by atoms with Gasteiger partial charge in [-0.05, 0) is 83.4 Å². The molecular weight excluding hydrogens is 723 g/mol. The van der Waals surface area contributed by atoms with Gasteiger partial charge in [-0.3, -0.25) is 9.56 Å². The fourth-order valence-corrected chi connectivity index (χ4v) is 8.19. The van der Waals surface area contributed by atoms with Crippen molar-refractivity contribution in [1.29, 1.82) is 0 Å². The molecule has 0 unspecified atom stereocenters. The third kappa shape index (κ3) is 6.81. The number of hydrogen-bond donors (Lipinski definition) is 1. The van der Waals surface area contributed by atoms with Crippen LogP contribution in [-0.2, 0) is 6.54 Å². The molecule has 6 nitrogen and oxygen atoms in total. The van der Waals surface area contributed by atoms with Gasteiger partial charge >= 0.3 is 0 Å². The second kappa shape index (κ2) is 16.0.